The number of nitrogens with one attached hydrogen (secondary N) is 1. The molecule has 0 amide bonds. The highest BCUT2D eigenvalue weighted by Gasteiger charge is 2.16. The number of aryl methyl sites for hydroxylation is 2. The van der Waals surface area contributed by atoms with Crippen LogP contribution in [-0.4, -0.2) is 4.98 Å². The average molecular weight is 227 g/mol. The summed E-state index contributed by atoms with van der Waals surface area (Å²) in [5.74, 6) is 6.32. The molecule has 1 atom stereocenters. The zero-order valence-corrected chi connectivity index (χ0v) is 10.8. The highest BCUT2D eigenvalue weighted by Crippen LogP contribution is 2.28. The van der Waals surface area contributed by atoms with Gasteiger partial charge in [0.05, 0.1) is 16.7 Å². The van der Waals surface area contributed by atoms with Crippen molar-refractivity contribution in [1.29, 1.82) is 0 Å². The van der Waals surface area contributed by atoms with Crippen LogP contribution < -0.4 is 11.3 Å². The summed E-state index contributed by atoms with van der Waals surface area (Å²) < 4.78 is 0. The fourth-order valence-corrected chi connectivity index (χ4v) is 2.68. The lowest BCUT2D eigenvalue weighted by Crippen LogP contribution is -2.28. The Balaban J connectivity index is 2.69. The smallest absolute Gasteiger partial charge is 0.0900 e. The quantitative estimate of drug-likeness (QED) is 0.600. The molecule has 1 rings (SSSR count). The minimum atomic E-state index is 0.263. The lowest BCUT2D eigenvalue weighted by atomic mass is 10.0. The number of aromatic nitrogens is 1. The van der Waals surface area contributed by atoms with E-state index in [1.54, 1.807) is 11.3 Å². The second-order valence-corrected chi connectivity index (χ2v) is 5.61. The van der Waals surface area contributed by atoms with E-state index in [0.717, 1.165) is 23.0 Å². The van der Waals surface area contributed by atoms with Gasteiger partial charge >= 0.3 is 0 Å². The van der Waals surface area contributed by atoms with Crippen LogP contribution in [0.5, 0.6) is 0 Å². The Labute approximate surface area is 96.1 Å². The highest BCUT2D eigenvalue weighted by atomic mass is 32.1. The van der Waals surface area contributed by atoms with Crippen LogP contribution in [0.4, 0.5) is 0 Å². The molecule has 0 aliphatic rings. The Morgan fingerprint density at radius 3 is 2.40 bits per heavy atom. The number of hydrogen-bond acceptors (Lipinski definition) is 4. The van der Waals surface area contributed by atoms with Gasteiger partial charge in [-0.3, -0.25) is 11.3 Å². The highest BCUT2D eigenvalue weighted by molar-refractivity contribution is 7.11. The topological polar surface area (TPSA) is 50.9 Å². The van der Waals surface area contributed by atoms with E-state index in [4.69, 9.17) is 5.84 Å². The van der Waals surface area contributed by atoms with Crippen molar-refractivity contribution < 1.29 is 0 Å². The van der Waals surface area contributed by atoms with Gasteiger partial charge in [0.2, 0.25) is 0 Å². The maximum Gasteiger partial charge on any atom is 0.0900 e. The van der Waals surface area contributed by atoms with Gasteiger partial charge in [0, 0.05) is 4.88 Å². The summed E-state index contributed by atoms with van der Waals surface area (Å²) >= 11 is 1.75. The molecule has 0 fully saturated rings. The van der Waals surface area contributed by atoms with E-state index in [9.17, 15) is 0 Å². The number of hydrazine groups is 1. The molecular weight excluding hydrogens is 206 g/mol. The van der Waals surface area contributed by atoms with Crippen LogP contribution in [0.1, 0.15) is 48.3 Å². The van der Waals surface area contributed by atoms with E-state index in [-0.39, 0.29) is 6.04 Å². The molecule has 0 saturated heterocycles. The summed E-state index contributed by atoms with van der Waals surface area (Å²) in [6.07, 6.45) is 2.27. The van der Waals surface area contributed by atoms with Gasteiger partial charge in [-0.25, -0.2) is 4.98 Å². The maximum atomic E-state index is 5.60. The van der Waals surface area contributed by atoms with Gasteiger partial charge in [-0.1, -0.05) is 13.8 Å². The number of nitrogens with zero attached hydrogens (tertiary/aromatic N) is 1. The van der Waals surface area contributed by atoms with Crippen LogP contribution in [0.15, 0.2) is 0 Å². The first-order valence-corrected chi connectivity index (χ1v) is 6.26. The van der Waals surface area contributed by atoms with Crippen LogP contribution in [0.25, 0.3) is 0 Å². The molecule has 4 heteroatoms. The van der Waals surface area contributed by atoms with Gasteiger partial charge in [-0.15, -0.1) is 11.3 Å². The molecule has 1 heterocycles. The lowest BCUT2D eigenvalue weighted by Gasteiger charge is -2.15. The van der Waals surface area contributed by atoms with Crippen molar-refractivity contribution in [2.75, 3.05) is 0 Å². The molecule has 86 valence electrons. The molecular formula is C11H21N3S. The third-order valence-electron chi connectivity index (χ3n) is 2.49. The van der Waals surface area contributed by atoms with E-state index >= 15 is 0 Å². The second-order valence-electron chi connectivity index (χ2n) is 4.37. The fourth-order valence-electron chi connectivity index (χ4n) is 1.66. The number of nitrogens with two attached hydrogens (primary N) is 1. The van der Waals surface area contributed by atoms with Crippen LogP contribution in [-0.2, 0) is 0 Å². The average Bonchev–Trinajstić information content (AvgIpc) is 2.46. The van der Waals surface area contributed by atoms with Crippen molar-refractivity contribution in [3.8, 4) is 0 Å². The zero-order chi connectivity index (χ0) is 11.4. The lowest BCUT2D eigenvalue weighted by molar-refractivity contribution is 0.451. The monoisotopic (exact) mass is 227 g/mol. The van der Waals surface area contributed by atoms with Gasteiger partial charge in [-0.05, 0) is 32.6 Å². The van der Waals surface area contributed by atoms with Gasteiger partial charge in [0.25, 0.3) is 0 Å². The fraction of sp³-hybridized carbons (Fsp3) is 0.727. The molecule has 1 unspecified atom stereocenters. The van der Waals surface area contributed by atoms with E-state index < -0.39 is 0 Å². The third-order valence-corrected chi connectivity index (χ3v) is 3.68. The van der Waals surface area contributed by atoms with Gasteiger partial charge in [0.15, 0.2) is 0 Å². The van der Waals surface area contributed by atoms with Crippen LogP contribution in [0, 0.1) is 19.8 Å². The molecule has 0 aromatic carbocycles. The van der Waals surface area contributed by atoms with Crippen LogP contribution in [0.3, 0.4) is 0 Å². The molecule has 0 radical (unpaired) electrons. The summed E-state index contributed by atoms with van der Waals surface area (Å²) in [5, 5.41) is 1.12. The summed E-state index contributed by atoms with van der Waals surface area (Å²) in [6.45, 7) is 8.56. The number of rotatable bonds is 5. The van der Waals surface area contributed by atoms with Crippen molar-refractivity contribution >= 4 is 11.3 Å². The maximum absolute atomic E-state index is 5.60. The normalized spacial score (nSPS) is 13.5. The van der Waals surface area contributed by atoms with Crippen molar-refractivity contribution in [3.05, 3.63) is 15.6 Å². The second kappa shape index (κ2) is 5.58. The molecule has 0 saturated carbocycles. The molecule has 15 heavy (non-hydrogen) atoms. The Morgan fingerprint density at radius 2 is 2.00 bits per heavy atom. The molecule has 3 N–H and O–H groups in total. The molecule has 0 bridgehead atoms. The van der Waals surface area contributed by atoms with E-state index in [2.05, 4.69) is 31.2 Å². The van der Waals surface area contributed by atoms with Crippen LogP contribution >= 0.6 is 11.3 Å². The summed E-state index contributed by atoms with van der Waals surface area (Å²) in [6, 6.07) is 0.263. The minimum absolute atomic E-state index is 0.263. The third kappa shape index (κ3) is 3.55. The van der Waals surface area contributed by atoms with Crippen molar-refractivity contribution in [2.45, 2.75) is 46.6 Å². The van der Waals surface area contributed by atoms with E-state index in [0.29, 0.717) is 0 Å². The van der Waals surface area contributed by atoms with Crippen molar-refractivity contribution in [3.63, 3.8) is 0 Å². The molecule has 0 aliphatic carbocycles. The predicted octanol–water partition coefficient (Wildman–Crippen LogP) is 2.70. The predicted molar refractivity (Wildman–Crippen MR) is 65.7 cm³/mol. The zero-order valence-electron chi connectivity index (χ0n) is 10.0. The Kier molecular flexibility index (Phi) is 4.70. The standard InChI is InChI=1S/C11H21N3S/c1-7(2)5-6-10(14-12)11-8(3)13-9(4)15-11/h7,10,14H,5-6,12H2,1-4H3. The summed E-state index contributed by atoms with van der Waals surface area (Å²) in [4.78, 5) is 5.72. The largest absolute Gasteiger partial charge is 0.271 e. The Hall–Kier alpha value is -0.450. The molecule has 0 spiro atoms. The molecule has 0 aliphatic heterocycles. The van der Waals surface area contributed by atoms with Crippen molar-refractivity contribution in [2.24, 2.45) is 11.8 Å². The number of thiazole rings is 1. The van der Waals surface area contributed by atoms with Crippen molar-refractivity contribution in [1.82, 2.24) is 10.4 Å². The minimum Gasteiger partial charge on any atom is -0.271 e. The molecule has 1 aromatic rings. The first kappa shape index (κ1) is 12.6. The summed E-state index contributed by atoms with van der Waals surface area (Å²) in [5.41, 5.74) is 4.01. The SMILES string of the molecule is Cc1nc(C)c(C(CCC(C)C)NN)s1. The summed E-state index contributed by atoms with van der Waals surface area (Å²) in [7, 11) is 0. The molecule has 1 aromatic heterocycles. The van der Waals surface area contributed by atoms with Gasteiger partial charge < -0.3 is 0 Å². The Morgan fingerprint density at radius 1 is 1.33 bits per heavy atom. The first-order valence-electron chi connectivity index (χ1n) is 5.44. The first-order chi connectivity index (χ1) is 7.04. The van der Waals surface area contributed by atoms with E-state index in [1.165, 1.54) is 11.3 Å². The van der Waals surface area contributed by atoms with Gasteiger partial charge in [0.1, 0.15) is 0 Å². The number of hydrogen-bond donors (Lipinski definition) is 2. The van der Waals surface area contributed by atoms with Crippen LogP contribution in [0.2, 0.25) is 0 Å². The Bertz CT molecular complexity index is 307. The molecule has 3 nitrogen and oxygen atoms in total. The van der Waals surface area contributed by atoms with Gasteiger partial charge in [-0.2, -0.15) is 0 Å². The van der Waals surface area contributed by atoms with E-state index in [1.807, 2.05) is 6.92 Å².